The zero-order valence-corrected chi connectivity index (χ0v) is 15.8. The first-order valence-corrected chi connectivity index (χ1v) is 9.98. The Hall–Kier alpha value is -1.88. The number of likely N-dealkylation sites (N-methyl/N-ethyl adjacent to an activating group) is 1. The van der Waals surface area contributed by atoms with Gasteiger partial charge in [0, 0.05) is 24.0 Å². The molecule has 0 N–H and O–H groups in total. The standard InChI is InChI=1S/C20H26N2O2S/c1-3-24-18-11-9-15(10-12-18)20-21-16(14-25-20)13-19(23)22(2)17-7-5-4-6-8-17/h9-12,14,17H,3-8,13H2,1-2H3. The lowest BCUT2D eigenvalue weighted by Crippen LogP contribution is -2.39. The zero-order valence-electron chi connectivity index (χ0n) is 15.0. The van der Waals surface area contributed by atoms with Gasteiger partial charge < -0.3 is 9.64 Å². The summed E-state index contributed by atoms with van der Waals surface area (Å²) in [6, 6.07) is 8.36. The van der Waals surface area contributed by atoms with Crippen LogP contribution in [-0.4, -0.2) is 35.5 Å². The number of rotatable bonds is 6. The van der Waals surface area contributed by atoms with E-state index in [9.17, 15) is 4.79 Å². The van der Waals surface area contributed by atoms with Gasteiger partial charge in [-0.3, -0.25) is 4.79 Å². The van der Waals surface area contributed by atoms with Crippen LogP contribution in [-0.2, 0) is 11.2 Å². The summed E-state index contributed by atoms with van der Waals surface area (Å²) in [6.45, 7) is 2.64. The Morgan fingerprint density at radius 1 is 1.24 bits per heavy atom. The summed E-state index contributed by atoms with van der Waals surface area (Å²) in [4.78, 5) is 19.1. The van der Waals surface area contributed by atoms with Crippen molar-refractivity contribution in [2.45, 2.75) is 51.5 Å². The summed E-state index contributed by atoms with van der Waals surface area (Å²) in [7, 11) is 1.94. The Balaban J connectivity index is 1.61. The minimum atomic E-state index is 0.176. The molecule has 1 aliphatic rings. The van der Waals surface area contributed by atoms with Gasteiger partial charge in [-0.25, -0.2) is 4.98 Å². The van der Waals surface area contributed by atoms with E-state index in [-0.39, 0.29) is 5.91 Å². The van der Waals surface area contributed by atoms with Crippen molar-refractivity contribution in [1.29, 1.82) is 0 Å². The summed E-state index contributed by atoms with van der Waals surface area (Å²) in [5.74, 6) is 1.04. The zero-order chi connectivity index (χ0) is 17.6. The summed E-state index contributed by atoms with van der Waals surface area (Å²) < 4.78 is 5.47. The Morgan fingerprint density at radius 2 is 1.96 bits per heavy atom. The molecular formula is C20H26N2O2S. The molecule has 4 nitrogen and oxygen atoms in total. The Labute approximate surface area is 153 Å². The Kier molecular flexibility index (Phi) is 6.08. The van der Waals surface area contributed by atoms with E-state index in [1.54, 1.807) is 11.3 Å². The van der Waals surface area contributed by atoms with Crippen molar-refractivity contribution in [2.75, 3.05) is 13.7 Å². The highest BCUT2D eigenvalue weighted by atomic mass is 32.1. The van der Waals surface area contributed by atoms with Crippen molar-refractivity contribution >= 4 is 17.2 Å². The molecule has 1 amide bonds. The first-order chi connectivity index (χ1) is 12.2. The molecule has 2 aromatic rings. The number of benzene rings is 1. The van der Waals surface area contributed by atoms with Crippen molar-refractivity contribution in [3.8, 4) is 16.3 Å². The molecule has 0 saturated heterocycles. The molecule has 1 aromatic carbocycles. The van der Waals surface area contributed by atoms with Gasteiger partial charge in [-0.05, 0) is 44.0 Å². The lowest BCUT2D eigenvalue weighted by Gasteiger charge is -2.31. The maximum atomic E-state index is 12.5. The van der Waals surface area contributed by atoms with Gasteiger partial charge in [0.1, 0.15) is 10.8 Å². The second-order valence-corrected chi connectivity index (χ2v) is 7.43. The highest BCUT2D eigenvalue weighted by Crippen LogP contribution is 2.27. The van der Waals surface area contributed by atoms with Gasteiger partial charge in [0.2, 0.25) is 5.91 Å². The van der Waals surface area contributed by atoms with E-state index in [0.29, 0.717) is 19.1 Å². The fourth-order valence-corrected chi connectivity index (χ4v) is 4.16. The quantitative estimate of drug-likeness (QED) is 0.761. The number of nitrogens with zero attached hydrogens (tertiary/aromatic N) is 2. The maximum Gasteiger partial charge on any atom is 0.228 e. The van der Waals surface area contributed by atoms with E-state index >= 15 is 0 Å². The van der Waals surface area contributed by atoms with E-state index in [2.05, 4.69) is 4.98 Å². The molecule has 0 bridgehead atoms. The lowest BCUT2D eigenvalue weighted by atomic mass is 9.94. The molecule has 25 heavy (non-hydrogen) atoms. The van der Waals surface area contributed by atoms with Crippen LogP contribution in [0.5, 0.6) is 5.75 Å². The van der Waals surface area contributed by atoms with Crippen LogP contribution in [0.2, 0.25) is 0 Å². The van der Waals surface area contributed by atoms with Crippen molar-refractivity contribution in [3.63, 3.8) is 0 Å². The van der Waals surface area contributed by atoms with Crippen LogP contribution in [0.1, 0.15) is 44.7 Å². The first-order valence-electron chi connectivity index (χ1n) is 9.10. The van der Waals surface area contributed by atoms with Gasteiger partial charge in [-0.1, -0.05) is 19.3 Å². The molecule has 0 unspecified atom stereocenters. The first kappa shape index (κ1) is 17.9. The number of thiazole rings is 1. The molecule has 0 radical (unpaired) electrons. The highest BCUT2D eigenvalue weighted by molar-refractivity contribution is 7.13. The molecule has 1 saturated carbocycles. The fraction of sp³-hybridized carbons (Fsp3) is 0.500. The van der Waals surface area contributed by atoms with Crippen LogP contribution in [0.3, 0.4) is 0 Å². The number of carbonyl (C=O) groups is 1. The van der Waals surface area contributed by atoms with Gasteiger partial charge in [0.05, 0.1) is 18.7 Å². The van der Waals surface area contributed by atoms with Crippen LogP contribution >= 0.6 is 11.3 Å². The SMILES string of the molecule is CCOc1ccc(-c2nc(CC(=O)N(C)C3CCCCC3)cs2)cc1. The summed E-state index contributed by atoms with van der Waals surface area (Å²) in [6.07, 6.45) is 6.44. The van der Waals surface area contributed by atoms with Crippen LogP contribution < -0.4 is 4.74 Å². The average Bonchev–Trinajstić information content (AvgIpc) is 3.11. The normalized spacial score (nSPS) is 15.1. The number of hydrogen-bond donors (Lipinski definition) is 0. The van der Waals surface area contributed by atoms with E-state index in [1.165, 1.54) is 19.3 Å². The van der Waals surface area contributed by atoms with Crippen molar-refractivity contribution in [1.82, 2.24) is 9.88 Å². The number of amides is 1. The molecular weight excluding hydrogens is 332 g/mol. The second kappa shape index (κ2) is 8.48. The predicted molar refractivity (Wildman–Crippen MR) is 102 cm³/mol. The Morgan fingerprint density at radius 3 is 2.64 bits per heavy atom. The third kappa shape index (κ3) is 4.60. The van der Waals surface area contributed by atoms with Gasteiger partial charge >= 0.3 is 0 Å². The largest absolute Gasteiger partial charge is 0.494 e. The van der Waals surface area contributed by atoms with Gasteiger partial charge in [0.25, 0.3) is 0 Å². The molecule has 134 valence electrons. The van der Waals surface area contributed by atoms with E-state index in [1.807, 2.05) is 48.5 Å². The number of hydrogen-bond acceptors (Lipinski definition) is 4. The molecule has 0 spiro atoms. The van der Waals surface area contributed by atoms with Crippen molar-refractivity contribution < 1.29 is 9.53 Å². The number of carbonyl (C=O) groups excluding carboxylic acids is 1. The van der Waals surface area contributed by atoms with E-state index in [0.717, 1.165) is 34.9 Å². The molecule has 1 heterocycles. The molecule has 1 fully saturated rings. The average molecular weight is 359 g/mol. The summed E-state index contributed by atoms with van der Waals surface area (Å²) in [5, 5.41) is 2.95. The third-order valence-electron chi connectivity index (χ3n) is 4.81. The van der Waals surface area contributed by atoms with Crippen molar-refractivity contribution in [2.24, 2.45) is 0 Å². The molecule has 1 aliphatic carbocycles. The van der Waals surface area contributed by atoms with Gasteiger partial charge in [-0.2, -0.15) is 0 Å². The monoisotopic (exact) mass is 358 g/mol. The fourth-order valence-electron chi connectivity index (χ4n) is 3.33. The van der Waals surface area contributed by atoms with E-state index < -0.39 is 0 Å². The van der Waals surface area contributed by atoms with Crippen LogP contribution in [0.15, 0.2) is 29.6 Å². The van der Waals surface area contributed by atoms with Gasteiger partial charge in [-0.15, -0.1) is 11.3 Å². The second-order valence-electron chi connectivity index (χ2n) is 6.57. The molecule has 3 rings (SSSR count). The lowest BCUT2D eigenvalue weighted by molar-refractivity contribution is -0.131. The molecule has 0 atom stereocenters. The number of aromatic nitrogens is 1. The van der Waals surface area contributed by atoms with Crippen LogP contribution in [0.4, 0.5) is 0 Å². The topological polar surface area (TPSA) is 42.4 Å². The minimum absolute atomic E-state index is 0.176. The third-order valence-corrected chi connectivity index (χ3v) is 5.75. The molecule has 1 aromatic heterocycles. The highest BCUT2D eigenvalue weighted by Gasteiger charge is 2.22. The number of ether oxygens (including phenoxy) is 1. The summed E-state index contributed by atoms with van der Waals surface area (Å²) in [5.41, 5.74) is 1.93. The van der Waals surface area contributed by atoms with Crippen LogP contribution in [0, 0.1) is 0 Å². The smallest absolute Gasteiger partial charge is 0.228 e. The molecule has 5 heteroatoms. The van der Waals surface area contributed by atoms with Crippen LogP contribution in [0.25, 0.3) is 10.6 Å². The summed E-state index contributed by atoms with van der Waals surface area (Å²) >= 11 is 1.59. The van der Waals surface area contributed by atoms with Gasteiger partial charge in [0.15, 0.2) is 0 Å². The Bertz CT molecular complexity index is 690. The van der Waals surface area contributed by atoms with Crippen molar-refractivity contribution in [3.05, 3.63) is 35.3 Å². The predicted octanol–water partition coefficient (Wildman–Crippen LogP) is 4.54. The maximum absolute atomic E-state index is 12.5. The van der Waals surface area contributed by atoms with E-state index in [4.69, 9.17) is 4.74 Å². The minimum Gasteiger partial charge on any atom is -0.494 e. The molecule has 0 aliphatic heterocycles.